The molecule has 0 fully saturated rings. The smallest absolute Gasteiger partial charge is 0.338 e. The highest BCUT2D eigenvalue weighted by molar-refractivity contribution is 5.91. The fourth-order valence-electron chi connectivity index (χ4n) is 4.25. The molecule has 1 atom stereocenters. The van der Waals surface area contributed by atoms with Crippen molar-refractivity contribution in [3.63, 3.8) is 0 Å². The van der Waals surface area contributed by atoms with E-state index in [1.54, 1.807) is 12.1 Å². The summed E-state index contributed by atoms with van der Waals surface area (Å²) < 4.78 is 21.7. The highest BCUT2D eigenvalue weighted by Crippen LogP contribution is 2.38. The number of carboxylic acid groups (broad SMARTS) is 2. The van der Waals surface area contributed by atoms with Crippen molar-refractivity contribution in [1.29, 1.82) is 0 Å². The van der Waals surface area contributed by atoms with E-state index < -0.39 is 23.4 Å². The van der Waals surface area contributed by atoms with E-state index in [0.29, 0.717) is 35.0 Å². The molecule has 12 heteroatoms. The lowest BCUT2D eigenvalue weighted by Gasteiger charge is -2.39. The quantitative estimate of drug-likeness (QED) is 0.170. The van der Waals surface area contributed by atoms with Crippen LogP contribution in [0.5, 0.6) is 17.2 Å². The molecule has 0 aliphatic rings. The summed E-state index contributed by atoms with van der Waals surface area (Å²) in [6, 6.07) is 19.2. The lowest BCUT2D eigenvalue weighted by atomic mass is 9.87. The number of rotatable bonds is 14. The summed E-state index contributed by atoms with van der Waals surface area (Å²) in [6.45, 7) is 3.30. The van der Waals surface area contributed by atoms with Crippen molar-refractivity contribution in [2.75, 3.05) is 55.6 Å². The summed E-state index contributed by atoms with van der Waals surface area (Å²) in [6.07, 6.45) is 4.74. The van der Waals surface area contributed by atoms with Crippen LogP contribution < -0.4 is 19.5 Å². The normalized spacial score (nSPS) is 11.7. The van der Waals surface area contributed by atoms with Crippen LogP contribution in [-0.2, 0) is 26.3 Å². The van der Waals surface area contributed by atoms with Gasteiger partial charge in [-0.15, -0.1) is 0 Å². The van der Waals surface area contributed by atoms with Gasteiger partial charge in [-0.2, -0.15) is 0 Å². The van der Waals surface area contributed by atoms with Gasteiger partial charge in [-0.05, 0) is 57.4 Å². The lowest BCUT2D eigenvalue weighted by Crippen LogP contribution is -2.45. The van der Waals surface area contributed by atoms with Gasteiger partial charge in [0.1, 0.15) is 6.61 Å². The molecule has 2 aromatic carbocycles. The molecule has 250 valence electrons. The minimum atomic E-state index is -1.26. The number of hydrogen-bond donors (Lipinski definition) is 3. The van der Waals surface area contributed by atoms with Gasteiger partial charge in [-0.3, -0.25) is 9.88 Å². The molecule has 3 aromatic rings. The third-order valence-electron chi connectivity index (χ3n) is 6.82. The molecule has 1 heterocycles. The number of carbonyl (C=O) groups is 3. The summed E-state index contributed by atoms with van der Waals surface area (Å²) in [7, 11) is 10.5. The fraction of sp³-hybridized carbons (Fsp3) is 0.353. The third-order valence-corrected chi connectivity index (χ3v) is 6.82. The standard InChI is InChI=1S/C22H29NO5.C8H12N2.C4H4O4/c1-7-22(23(2)3,17-11-9-8-10-12-17)15-28-21(24)16-13-18(25-4)20(27-6)19(14-16)26-5;1-9-7-5-8-4-2-3-6-10-8;5-3(6)1-2-4(7)8/h8-14H,7,15H2,1-6H3;2-4,6,9H,5,7H2,1H3;1-2H,(H,5,6)(H,7,8)/b;;2-1-. The number of nitrogens with zero attached hydrogens (tertiary/aromatic N) is 2. The number of carboxylic acids is 2. The van der Waals surface area contributed by atoms with Crippen LogP contribution in [0.1, 0.15) is 35.0 Å². The zero-order valence-electron chi connectivity index (χ0n) is 27.5. The van der Waals surface area contributed by atoms with Crippen LogP contribution in [0.4, 0.5) is 0 Å². The molecule has 0 aliphatic carbocycles. The average Bonchev–Trinajstić information content (AvgIpc) is 3.07. The van der Waals surface area contributed by atoms with Crippen molar-refractivity contribution in [1.82, 2.24) is 15.2 Å². The first kappa shape index (κ1) is 39.1. The van der Waals surface area contributed by atoms with Crippen LogP contribution in [0.15, 0.2) is 79.0 Å². The van der Waals surface area contributed by atoms with Gasteiger partial charge in [0.2, 0.25) is 5.75 Å². The molecule has 0 spiro atoms. The van der Waals surface area contributed by atoms with E-state index in [1.807, 2.05) is 63.7 Å². The molecule has 1 unspecified atom stereocenters. The topological polar surface area (TPSA) is 157 Å². The minimum absolute atomic E-state index is 0.218. The Bertz CT molecular complexity index is 1340. The van der Waals surface area contributed by atoms with Crippen molar-refractivity contribution >= 4 is 17.9 Å². The van der Waals surface area contributed by atoms with Gasteiger partial charge >= 0.3 is 17.9 Å². The second-order valence-corrected chi connectivity index (χ2v) is 9.82. The largest absolute Gasteiger partial charge is 0.493 e. The minimum Gasteiger partial charge on any atom is -0.493 e. The molecular formula is C34H45N3O9. The molecule has 0 amide bonds. The molecule has 12 nitrogen and oxygen atoms in total. The van der Waals surface area contributed by atoms with Crippen LogP contribution >= 0.6 is 0 Å². The summed E-state index contributed by atoms with van der Waals surface area (Å²) in [5, 5.41) is 18.7. The Morgan fingerprint density at radius 1 is 0.891 bits per heavy atom. The predicted octanol–water partition coefficient (Wildman–Crippen LogP) is 4.29. The molecule has 1 aromatic heterocycles. The number of esters is 1. The van der Waals surface area contributed by atoms with Gasteiger partial charge in [0.05, 0.1) is 32.4 Å². The van der Waals surface area contributed by atoms with Gasteiger partial charge in [-0.25, -0.2) is 14.4 Å². The highest BCUT2D eigenvalue weighted by atomic mass is 16.5. The van der Waals surface area contributed by atoms with E-state index in [4.69, 9.17) is 29.2 Å². The van der Waals surface area contributed by atoms with Crippen molar-refractivity contribution in [2.24, 2.45) is 0 Å². The van der Waals surface area contributed by atoms with Crippen LogP contribution in [0, 0.1) is 0 Å². The van der Waals surface area contributed by atoms with Crippen LogP contribution in [-0.4, -0.2) is 93.6 Å². The molecule has 0 saturated carbocycles. The lowest BCUT2D eigenvalue weighted by molar-refractivity contribution is -0.134. The molecule has 0 saturated heterocycles. The van der Waals surface area contributed by atoms with Crippen LogP contribution in [0.2, 0.25) is 0 Å². The van der Waals surface area contributed by atoms with E-state index in [-0.39, 0.29) is 6.61 Å². The maximum absolute atomic E-state index is 12.8. The number of carbonyl (C=O) groups excluding carboxylic acids is 1. The predicted molar refractivity (Wildman–Crippen MR) is 175 cm³/mol. The van der Waals surface area contributed by atoms with Crippen molar-refractivity contribution in [2.45, 2.75) is 25.3 Å². The van der Waals surface area contributed by atoms with E-state index >= 15 is 0 Å². The summed E-state index contributed by atoms with van der Waals surface area (Å²) in [5.41, 5.74) is 2.17. The zero-order chi connectivity index (χ0) is 34.5. The Morgan fingerprint density at radius 3 is 1.87 bits per heavy atom. The number of methoxy groups -OCH3 is 3. The average molecular weight is 640 g/mol. The molecule has 46 heavy (non-hydrogen) atoms. The number of aromatic nitrogens is 1. The molecule has 3 rings (SSSR count). The Hall–Kier alpha value is -4.94. The Labute approximate surface area is 270 Å². The first-order valence-electron chi connectivity index (χ1n) is 14.4. The highest BCUT2D eigenvalue weighted by Gasteiger charge is 2.35. The second-order valence-electron chi connectivity index (χ2n) is 9.82. The molecular weight excluding hydrogens is 594 g/mol. The van der Waals surface area contributed by atoms with Crippen LogP contribution in [0.3, 0.4) is 0 Å². The Morgan fingerprint density at radius 2 is 1.46 bits per heavy atom. The SMILES string of the molecule is CCC(COC(=O)c1cc(OC)c(OC)c(OC)c1)(c1ccccc1)N(C)C.CNCCc1ccccn1.O=C(O)/C=C\C(=O)O. The number of likely N-dealkylation sites (N-methyl/N-ethyl adjacent to an activating group) is 2. The maximum Gasteiger partial charge on any atom is 0.338 e. The Balaban J connectivity index is 0.000000477. The zero-order valence-corrected chi connectivity index (χ0v) is 27.5. The fourth-order valence-corrected chi connectivity index (χ4v) is 4.25. The van der Waals surface area contributed by atoms with Crippen molar-refractivity contribution in [3.8, 4) is 17.2 Å². The summed E-state index contributed by atoms with van der Waals surface area (Å²) >= 11 is 0. The number of benzene rings is 2. The van der Waals surface area contributed by atoms with E-state index in [2.05, 4.69) is 34.3 Å². The summed E-state index contributed by atoms with van der Waals surface area (Å²) in [5.74, 6) is -1.71. The maximum atomic E-state index is 12.8. The van der Waals surface area contributed by atoms with E-state index in [9.17, 15) is 14.4 Å². The number of hydrogen-bond acceptors (Lipinski definition) is 10. The molecule has 3 N–H and O–H groups in total. The van der Waals surface area contributed by atoms with Gasteiger partial charge < -0.3 is 34.5 Å². The van der Waals surface area contributed by atoms with Crippen LogP contribution in [0.25, 0.3) is 0 Å². The van der Waals surface area contributed by atoms with Gasteiger partial charge in [0.25, 0.3) is 0 Å². The monoisotopic (exact) mass is 639 g/mol. The molecule has 0 aliphatic heterocycles. The van der Waals surface area contributed by atoms with Crippen molar-refractivity contribution < 1.29 is 43.5 Å². The first-order chi connectivity index (χ1) is 22.0. The van der Waals surface area contributed by atoms with Gasteiger partial charge in [0.15, 0.2) is 11.5 Å². The van der Waals surface area contributed by atoms with E-state index in [1.165, 1.54) is 21.3 Å². The van der Waals surface area contributed by atoms with Gasteiger partial charge in [0, 0.05) is 37.0 Å². The number of nitrogens with one attached hydrogen (secondary N) is 1. The van der Waals surface area contributed by atoms with Gasteiger partial charge in [-0.1, -0.05) is 43.3 Å². The Kier molecular flexibility index (Phi) is 17.8. The number of pyridine rings is 1. The number of aliphatic carboxylic acids is 2. The first-order valence-corrected chi connectivity index (χ1v) is 14.4. The molecule has 0 radical (unpaired) electrons. The van der Waals surface area contributed by atoms with E-state index in [0.717, 1.165) is 30.6 Å². The van der Waals surface area contributed by atoms with Crippen molar-refractivity contribution in [3.05, 3.63) is 95.8 Å². The summed E-state index contributed by atoms with van der Waals surface area (Å²) in [4.78, 5) is 38.2. The molecule has 0 bridgehead atoms. The second kappa shape index (κ2) is 20.9. The third kappa shape index (κ3) is 12.6. The number of ether oxygens (including phenoxy) is 4.